The molecular weight excluding hydrogens is 386 g/mol. The maximum absolute atomic E-state index is 12.6. The summed E-state index contributed by atoms with van der Waals surface area (Å²) in [7, 11) is 1.21. The number of nitrogens with zero attached hydrogens (tertiary/aromatic N) is 1. The van der Waals surface area contributed by atoms with Crippen LogP contribution in [0.3, 0.4) is 0 Å². The van der Waals surface area contributed by atoms with Crippen molar-refractivity contribution in [2.45, 2.75) is 36.7 Å². The largest absolute Gasteiger partial charge is 0.477 e. The molecule has 0 bridgehead atoms. The van der Waals surface area contributed by atoms with E-state index >= 15 is 0 Å². The molecule has 0 saturated carbocycles. The number of hydrogen-bond acceptors (Lipinski definition) is 7. The summed E-state index contributed by atoms with van der Waals surface area (Å²) in [6.07, 6.45) is 6.89. The number of amides is 2. The van der Waals surface area contributed by atoms with E-state index in [-0.39, 0.29) is 17.9 Å². The van der Waals surface area contributed by atoms with Crippen LogP contribution in [0.5, 0.6) is 0 Å². The van der Waals surface area contributed by atoms with Gasteiger partial charge in [-0.2, -0.15) is 0 Å². The summed E-state index contributed by atoms with van der Waals surface area (Å²) in [5.41, 5.74) is 6.88. The number of β-lactam (4-membered cyclic amide) rings is 1. The summed E-state index contributed by atoms with van der Waals surface area (Å²) >= 11 is 1.29. The van der Waals surface area contributed by atoms with E-state index < -0.39 is 41.2 Å². The summed E-state index contributed by atoms with van der Waals surface area (Å²) in [5.74, 6) is -2.62. The van der Waals surface area contributed by atoms with Crippen molar-refractivity contribution in [3.63, 3.8) is 0 Å². The van der Waals surface area contributed by atoms with Gasteiger partial charge < -0.3 is 20.9 Å². The topological polar surface area (TPSA) is 139 Å². The number of rotatable bonds is 6. The number of carbonyl (C=O) groups is 4. The Balaban J connectivity index is 1.71. The molecule has 1 aliphatic carbocycles. The van der Waals surface area contributed by atoms with Crippen molar-refractivity contribution in [3.8, 4) is 0 Å². The predicted octanol–water partition coefficient (Wildman–Crippen LogP) is -0.108. The second-order valence-corrected chi connectivity index (χ2v) is 7.68. The van der Waals surface area contributed by atoms with Crippen molar-refractivity contribution >= 4 is 35.5 Å². The molecule has 2 aliphatic heterocycles. The van der Waals surface area contributed by atoms with Crippen molar-refractivity contribution < 1.29 is 29.0 Å². The van der Waals surface area contributed by atoms with E-state index in [1.54, 1.807) is 0 Å². The monoisotopic (exact) mass is 407 g/mol. The van der Waals surface area contributed by atoms with Gasteiger partial charge in [0.1, 0.15) is 23.2 Å². The highest BCUT2D eigenvalue weighted by atomic mass is 32.2. The minimum Gasteiger partial charge on any atom is -0.477 e. The third kappa shape index (κ3) is 3.69. The van der Waals surface area contributed by atoms with E-state index in [9.17, 15) is 24.3 Å². The van der Waals surface area contributed by atoms with E-state index in [2.05, 4.69) is 10.1 Å². The molecule has 0 aromatic rings. The van der Waals surface area contributed by atoms with Gasteiger partial charge in [-0.1, -0.05) is 18.2 Å². The normalized spacial score (nSPS) is 24.7. The maximum Gasteiger partial charge on any atom is 0.352 e. The van der Waals surface area contributed by atoms with Crippen LogP contribution in [0.4, 0.5) is 0 Å². The number of thioether (sulfide) groups is 1. The SMILES string of the molecule is COC(=O)CC1=C(C(=O)O)N2C(=O)[C@@H](NC(=O)C(N)C3=CCC=CC3)[C@@H]2SC1. The van der Waals surface area contributed by atoms with Crippen molar-refractivity contribution in [1.82, 2.24) is 10.2 Å². The van der Waals surface area contributed by atoms with Crippen LogP contribution in [0.15, 0.2) is 35.1 Å². The van der Waals surface area contributed by atoms with Crippen LogP contribution in [-0.4, -0.2) is 64.1 Å². The molecule has 2 heterocycles. The number of carbonyl (C=O) groups excluding carboxylic acids is 3. The second-order valence-electron chi connectivity index (χ2n) is 6.57. The fraction of sp³-hybridized carbons (Fsp3) is 0.444. The third-order valence-corrected chi connectivity index (χ3v) is 6.19. The summed E-state index contributed by atoms with van der Waals surface area (Å²) in [6.45, 7) is 0. The quantitative estimate of drug-likeness (QED) is 0.315. The molecule has 2 amide bonds. The summed E-state index contributed by atoms with van der Waals surface area (Å²) in [5, 5.41) is 11.6. The van der Waals surface area contributed by atoms with Crippen LogP contribution in [0.2, 0.25) is 0 Å². The van der Waals surface area contributed by atoms with Crippen LogP contribution < -0.4 is 11.1 Å². The molecule has 9 nitrogen and oxygen atoms in total. The first-order valence-electron chi connectivity index (χ1n) is 8.71. The molecule has 1 unspecified atom stereocenters. The molecule has 28 heavy (non-hydrogen) atoms. The van der Waals surface area contributed by atoms with Crippen molar-refractivity contribution in [3.05, 3.63) is 35.1 Å². The zero-order valence-electron chi connectivity index (χ0n) is 15.2. The molecule has 1 saturated heterocycles. The van der Waals surface area contributed by atoms with Crippen LogP contribution in [-0.2, 0) is 23.9 Å². The van der Waals surface area contributed by atoms with Gasteiger partial charge in [0.15, 0.2) is 0 Å². The molecule has 150 valence electrons. The Morgan fingerprint density at radius 2 is 2.18 bits per heavy atom. The van der Waals surface area contributed by atoms with Gasteiger partial charge in [-0.25, -0.2) is 4.79 Å². The van der Waals surface area contributed by atoms with Gasteiger partial charge in [-0.3, -0.25) is 19.3 Å². The average molecular weight is 407 g/mol. The number of carboxylic acids is 1. The number of aliphatic carboxylic acids is 1. The molecule has 0 spiro atoms. The van der Waals surface area contributed by atoms with E-state index in [0.29, 0.717) is 18.4 Å². The molecule has 3 aliphatic rings. The standard InChI is InChI=1S/C18H21N3O6S/c1-27-11(22)7-10-8-28-17-13(16(24)21(17)14(10)18(25)26)20-15(23)12(19)9-5-3-2-4-6-9/h2-3,6,12-13,17H,4-5,7-8,19H2,1H3,(H,20,23)(H,25,26)/t12?,13-,17+/m1/s1. The molecule has 3 rings (SSSR count). The highest BCUT2D eigenvalue weighted by molar-refractivity contribution is 8.00. The second kappa shape index (κ2) is 8.19. The number of ether oxygens (including phenoxy) is 1. The van der Waals surface area contributed by atoms with Gasteiger partial charge >= 0.3 is 11.9 Å². The Morgan fingerprint density at radius 1 is 1.43 bits per heavy atom. The molecule has 10 heteroatoms. The van der Waals surface area contributed by atoms with E-state index in [1.165, 1.54) is 18.9 Å². The fourth-order valence-corrected chi connectivity index (χ4v) is 4.70. The number of allylic oxidation sites excluding steroid dienone is 3. The lowest BCUT2D eigenvalue weighted by Gasteiger charge is -2.49. The van der Waals surface area contributed by atoms with E-state index in [0.717, 1.165) is 10.5 Å². The molecule has 0 aromatic carbocycles. The first kappa shape index (κ1) is 20.2. The van der Waals surface area contributed by atoms with Crippen molar-refractivity contribution in [2.75, 3.05) is 12.9 Å². The zero-order valence-corrected chi connectivity index (χ0v) is 16.0. The number of nitrogens with two attached hydrogens (primary N) is 1. The highest BCUT2D eigenvalue weighted by Crippen LogP contribution is 2.41. The predicted molar refractivity (Wildman–Crippen MR) is 101 cm³/mol. The van der Waals surface area contributed by atoms with Crippen LogP contribution in [0, 0.1) is 0 Å². The van der Waals surface area contributed by atoms with Crippen LogP contribution in [0.1, 0.15) is 19.3 Å². The van der Waals surface area contributed by atoms with E-state index in [1.807, 2.05) is 18.2 Å². The number of fused-ring (bicyclic) bond motifs is 1. The Bertz CT molecular complexity index is 818. The summed E-state index contributed by atoms with van der Waals surface area (Å²) < 4.78 is 4.59. The average Bonchev–Trinajstić information content (AvgIpc) is 2.71. The Hall–Kier alpha value is -2.59. The number of methoxy groups -OCH3 is 1. The third-order valence-electron chi connectivity index (χ3n) is 4.85. The van der Waals surface area contributed by atoms with Gasteiger partial charge in [0.2, 0.25) is 5.91 Å². The van der Waals surface area contributed by atoms with Crippen molar-refractivity contribution in [1.29, 1.82) is 0 Å². The Morgan fingerprint density at radius 3 is 2.79 bits per heavy atom. The maximum atomic E-state index is 12.6. The molecule has 3 atom stereocenters. The van der Waals surface area contributed by atoms with Gasteiger partial charge in [0.05, 0.1) is 13.5 Å². The smallest absolute Gasteiger partial charge is 0.352 e. The zero-order chi connectivity index (χ0) is 20.4. The summed E-state index contributed by atoms with van der Waals surface area (Å²) in [6, 6.07) is -1.71. The number of esters is 1. The van der Waals surface area contributed by atoms with Gasteiger partial charge in [-0.15, -0.1) is 11.8 Å². The lowest BCUT2D eigenvalue weighted by molar-refractivity contribution is -0.151. The number of nitrogens with one attached hydrogen (secondary N) is 1. The first-order chi connectivity index (χ1) is 13.3. The van der Waals surface area contributed by atoms with Gasteiger partial charge in [0.25, 0.3) is 5.91 Å². The number of carboxylic acid groups (broad SMARTS) is 1. The molecule has 1 fully saturated rings. The minimum absolute atomic E-state index is 0.203. The van der Waals surface area contributed by atoms with Gasteiger partial charge in [0, 0.05) is 5.75 Å². The molecule has 0 radical (unpaired) electrons. The Labute approximate surface area is 165 Å². The number of hydrogen-bond donors (Lipinski definition) is 3. The van der Waals surface area contributed by atoms with Gasteiger partial charge in [-0.05, 0) is 24.0 Å². The molecule has 4 N–H and O–H groups in total. The van der Waals surface area contributed by atoms with E-state index in [4.69, 9.17) is 5.73 Å². The van der Waals surface area contributed by atoms with Crippen LogP contribution in [0.25, 0.3) is 0 Å². The van der Waals surface area contributed by atoms with Crippen LogP contribution >= 0.6 is 11.8 Å². The highest BCUT2D eigenvalue weighted by Gasteiger charge is 2.54. The summed E-state index contributed by atoms with van der Waals surface area (Å²) in [4.78, 5) is 49.3. The lowest BCUT2D eigenvalue weighted by atomic mass is 9.97. The minimum atomic E-state index is -1.29. The fourth-order valence-electron chi connectivity index (χ4n) is 3.35. The lowest BCUT2D eigenvalue weighted by Crippen LogP contribution is -2.71. The Kier molecular flexibility index (Phi) is 5.90. The molecular formula is C18H21N3O6S. The first-order valence-corrected chi connectivity index (χ1v) is 9.76. The van der Waals surface area contributed by atoms with Crippen molar-refractivity contribution in [2.24, 2.45) is 5.73 Å². The molecule has 0 aromatic heterocycles.